The molecule has 0 unspecified atom stereocenters. The van der Waals surface area contributed by atoms with Gasteiger partial charge < -0.3 is 5.32 Å². The fraction of sp³-hybridized carbons (Fsp3) is 0.455. The summed E-state index contributed by atoms with van der Waals surface area (Å²) in [6, 6.07) is 3.84. The van der Waals surface area contributed by atoms with Crippen molar-refractivity contribution in [2.75, 3.05) is 13.1 Å². The number of hydrogen-bond donors (Lipinski definition) is 2. The summed E-state index contributed by atoms with van der Waals surface area (Å²) in [6.45, 7) is 4.74. The highest BCUT2D eigenvalue weighted by molar-refractivity contribution is 9.10. The van der Waals surface area contributed by atoms with E-state index in [0.29, 0.717) is 4.47 Å². The fourth-order valence-corrected chi connectivity index (χ4v) is 2.95. The molecule has 0 aliphatic carbocycles. The van der Waals surface area contributed by atoms with Gasteiger partial charge in [-0.15, -0.1) is 12.4 Å². The van der Waals surface area contributed by atoms with Crippen molar-refractivity contribution in [3.63, 3.8) is 0 Å². The predicted octanol–water partition coefficient (Wildman–Crippen LogP) is 2.29. The monoisotopic (exact) mass is 374 g/mol. The first-order valence-corrected chi connectivity index (χ1v) is 7.82. The average Bonchev–Trinajstić information content (AvgIpc) is 2.26. The van der Waals surface area contributed by atoms with Crippen LogP contribution >= 0.6 is 28.3 Å². The number of rotatable bonds is 6. The molecule has 0 saturated heterocycles. The molecule has 0 spiro atoms. The lowest BCUT2D eigenvalue weighted by Gasteiger charge is -2.13. The highest BCUT2D eigenvalue weighted by Gasteiger charge is 2.19. The van der Waals surface area contributed by atoms with Crippen LogP contribution in [-0.2, 0) is 10.0 Å². The largest absolute Gasteiger partial charge is 0.313 e. The summed E-state index contributed by atoms with van der Waals surface area (Å²) in [5.41, 5.74) is 0. The minimum atomic E-state index is -3.81. The van der Waals surface area contributed by atoms with Crippen molar-refractivity contribution >= 4 is 38.4 Å². The Morgan fingerprint density at radius 1 is 1.42 bits per heavy atom. The van der Waals surface area contributed by atoms with Crippen LogP contribution in [0.3, 0.4) is 0 Å². The van der Waals surface area contributed by atoms with E-state index in [1.165, 1.54) is 12.1 Å². The third kappa shape index (κ3) is 5.74. The molecule has 0 fully saturated rings. The van der Waals surface area contributed by atoms with E-state index in [2.05, 4.69) is 26.0 Å². The van der Waals surface area contributed by atoms with Gasteiger partial charge in [-0.05, 0) is 31.7 Å². The molecule has 4 nitrogen and oxygen atoms in total. The second-order valence-corrected chi connectivity index (χ2v) is 6.54. The maximum absolute atomic E-state index is 13.6. The third-order valence-corrected chi connectivity index (χ3v) is 4.27. The van der Waals surface area contributed by atoms with Crippen molar-refractivity contribution in [3.05, 3.63) is 28.5 Å². The van der Waals surface area contributed by atoms with E-state index in [1.54, 1.807) is 0 Å². The number of hydrogen-bond acceptors (Lipinski definition) is 3. The summed E-state index contributed by atoms with van der Waals surface area (Å²) in [4.78, 5) is -0.339. The summed E-state index contributed by atoms with van der Waals surface area (Å²) in [5.74, 6) is -0.770. The van der Waals surface area contributed by atoms with Gasteiger partial charge in [0.05, 0.1) is 0 Å². The number of sulfonamides is 1. The Morgan fingerprint density at radius 2 is 2.05 bits per heavy atom. The van der Waals surface area contributed by atoms with E-state index < -0.39 is 15.8 Å². The lowest BCUT2D eigenvalue weighted by atomic mass is 10.3. The lowest BCUT2D eigenvalue weighted by molar-refractivity contribution is 0.528. The van der Waals surface area contributed by atoms with E-state index in [9.17, 15) is 12.8 Å². The number of likely N-dealkylation sites (N-methyl/N-ethyl adjacent to an activating group) is 1. The maximum atomic E-state index is 13.6. The minimum Gasteiger partial charge on any atom is -0.313 e. The van der Waals surface area contributed by atoms with Crippen LogP contribution in [0.4, 0.5) is 4.39 Å². The standard InChI is InChI=1S/C11H16BrFN2O2S.ClH/c1-3-14-8(2)7-15-18(16,17)11-5-4-9(12)6-10(11)13;/h4-6,8,14-15H,3,7H2,1-2H3;1H/t8-;/m1./s1. The van der Waals surface area contributed by atoms with Gasteiger partial charge in [0.15, 0.2) is 0 Å². The van der Waals surface area contributed by atoms with Gasteiger partial charge in [-0.25, -0.2) is 17.5 Å². The highest BCUT2D eigenvalue weighted by atomic mass is 79.9. The van der Waals surface area contributed by atoms with Gasteiger partial charge in [-0.2, -0.15) is 0 Å². The molecule has 2 N–H and O–H groups in total. The Balaban J connectivity index is 0.00000324. The normalized spacial score (nSPS) is 12.8. The van der Waals surface area contributed by atoms with Crippen LogP contribution in [0.5, 0.6) is 0 Å². The molecule has 1 rings (SSSR count). The van der Waals surface area contributed by atoms with Crippen LogP contribution in [0.2, 0.25) is 0 Å². The maximum Gasteiger partial charge on any atom is 0.243 e. The molecule has 0 saturated carbocycles. The van der Waals surface area contributed by atoms with Crippen molar-refractivity contribution in [1.29, 1.82) is 0 Å². The van der Waals surface area contributed by atoms with Gasteiger partial charge in [0.1, 0.15) is 10.7 Å². The van der Waals surface area contributed by atoms with Gasteiger partial charge in [0.2, 0.25) is 10.0 Å². The number of nitrogens with one attached hydrogen (secondary N) is 2. The van der Waals surface area contributed by atoms with Gasteiger partial charge >= 0.3 is 0 Å². The molecule has 0 amide bonds. The Hall–Kier alpha value is -0.210. The fourth-order valence-electron chi connectivity index (χ4n) is 1.43. The first kappa shape index (κ1) is 18.8. The molecule has 19 heavy (non-hydrogen) atoms. The van der Waals surface area contributed by atoms with Gasteiger partial charge in [-0.3, -0.25) is 0 Å². The van der Waals surface area contributed by atoms with Crippen LogP contribution in [-0.4, -0.2) is 27.5 Å². The smallest absolute Gasteiger partial charge is 0.243 e. The molecule has 1 atom stereocenters. The van der Waals surface area contributed by atoms with Gasteiger partial charge in [0.25, 0.3) is 0 Å². The van der Waals surface area contributed by atoms with E-state index >= 15 is 0 Å². The molecule has 1 aromatic rings. The Kier molecular flexibility index (Phi) is 8.07. The quantitative estimate of drug-likeness (QED) is 0.802. The first-order valence-electron chi connectivity index (χ1n) is 5.55. The predicted molar refractivity (Wildman–Crippen MR) is 79.7 cm³/mol. The molecule has 0 bridgehead atoms. The molecule has 0 heterocycles. The molecule has 0 aromatic heterocycles. The zero-order valence-electron chi connectivity index (χ0n) is 10.6. The summed E-state index contributed by atoms with van der Waals surface area (Å²) in [7, 11) is -3.81. The van der Waals surface area contributed by atoms with Crippen LogP contribution in [0.15, 0.2) is 27.6 Å². The van der Waals surface area contributed by atoms with Gasteiger partial charge in [-0.1, -0.05) is 22.9 Å². The second kappa shape index (κ2) is 8.16. The van der Waals surface area contributed by atoms with Crippen LogP contribution in [0, 0.1) is 5.82 Å². The summed E-state index contributed by atoms with van der Waals surface area (Å²) < 4.78 is 40.2. The zero-order valence-corrected chi connectivity index (χ0v) is 13.8. The molecule has 0 aliphatic heterocycles. The van der Waals surface area contributed by atoms with Crippen molar-refractivity contribution in [2.45, 2.75) is 24.8 Å². The molecule has 1 aromatic carbocycles. The van der Waals surface area contributed by atoms with Crippen LogP contribution in [0.1, 0.15) is 13.8 Å². The Labute approximate surface area is 127 Å². The third-order valence-electron chi connectivity index (χ3n) is 2.32. The Morgan fingerprint density at radius 3 is 2.58 bits per heavy atom. The van der Waals surface area contributed by atoms with E-state index in [1.807, 2.05) is 13.8 Å². The molecular formula is C11H17BrClFN2O2S. The van der Waals surface area contributed by atoms with Crippen LogP contribution in [0.25, 0.3) is 0 Å². The number of benzene rings is 1. The van der Waals surface area contributed by atoms with Gasteiger partial charge in [0, 0.05) is 17.1 Å². The topological polar surface area (TPSA) is 58.2 Å². The molecule has 8 heteroatoms. The van der Waals surface area contributed by atoms with Crippen molar-refractivity contribution in [1.82, 2.24) is 10.0 Å². The van der Waals surface area contributed by atoms with Crippen molar-refractivity contribution < 1.29 is 12.8 Å². The Bertz CT molecular complexity index is 513. The summed E-state index contributed by atoms with van der Waals surface area (Å²) in [5, 5.41) is 3.07. The van der Waals surface area contributed by atoms with Crippen molar-refractivity contribution in [2.24, 2.45) is 0 Å². The van der Waals surface area contributed by atoms with E-state index in [0.717, 1.165) is 12.6 Å². The average molecular weight is 376 g/mol. The molecule has 0 aliphatic rings. The summed E-state index contributed by atoms with van der Waals surface area (Å²) in [6.07, 6.45) is 0. The highest BCUT2D eigenvalue weighted by Crippen LogP contribution is 2.19. The summed E-state index contributed by atoms with van der Waals surface area (Å²) >= 11 is 3.08. The van der Waals surface area contributed by atoms with Crippen LogP contribution < -0.4 is 10.0 Å². The number of halogens is 3. The molecular weight excluding hydrogens is 359 g/mol. The second-order valence-electron chi connectivity index (χ2n) is 3.89. The molecule has 110 valence electrons. The van der Waals surface area contributed by atoms with Crippen molar-refractivity contribution in [3.8, 4) is 0 Å². The first-order chi connectivity index (χ1) is 8.36. The molecule has 0 radical (unpaired) electrons. The SMILES string of the molecule is CCN[C@H](C)CNS(=O)(=O)c1ccc(Br)cc1F.Cl. The van der Waals surface area contributed by atoms with E-state index in [4.69, 9.17) is 0 Å². The minimum absolute atomic E-state index is 0. The van der Waals surface area contributed by atoms with E-state index in [-0.39, 0.29) is 29.9 Å². The lowest BCUT2D eigenvalue weighted by Crippen LogP contribution is -2.39. The zero-order chi connectivity index (χ0) is 13.8.